The van der Waals surface area contributed by atoms with Crippen molar-refractivity contribution in [3.63, 3.8) is 0 Å². The second kappa shape index (κ2) is 5.44. The van der Waals surface area contributed by atoms with Crippen molar-refractivity contribution in [3.8, 4) is 5.75 Å². The number of benzene rings is 2. The molecule has 2 atom stereocenters. The van der Waals surface area contributed by atoms with Crippen LogP contribution in [0.2, 0.25) is 0 Å². The van der Waals surface area contributed by atoms with E-state index in [4.69, 9.17) is 4.74 Å². The number of methoxy groups -OCH3 is 1. The molecule has 1 fully saturated rings. The van der Waals surface area contributed by atoms with Crippen LogP contribution in [0.25, 0.3) is 0 Å². The number of rotatable bonds is 5. The van der Waals surface area contributed by atoms with E-state index in [1.54, 1.807) is 7.11 Å². The summed E-state index contributed by atoms with van der Waals surface area (Å²) in [7, 11) is 1.72. The first-order valence-corrected chi connectivity index (χ1v) is 7.56. The van der Waals surface area contributed by atoms with E-state index in [1.165, 1.54) is 5.56 Å². The van der Waals surface area contributed by atoms with Gasteiger partial charge >= 0.3 is 0 Å². The van der Waals surface area contributed by atoms with Gasteiger partial charge in [0.1, 0.15) is 5.75 Å². The molecule has 2 heteroatoms. The molecule has 0 spiro atoms. The zero-order valence-electron chi connectivity index (χ0n) is 13.0. The molecule has 2 aromatic carbocycles. The van der Waals surface area contributed by atoms with Crippen LogP contribution in [0.3, 0.4) is 0 Å². The molecular formula is C19H23NO. The van der Waals surface area contributed by atoms with E-state index < -0.39 is 0 Å². The van der Waals surface area contributed by atoms with Crippen molar-refractivity contribution < 1.29 is 4.74 Å². The molecule has 0 saturated heterocycles. The lowest BCUT2D eigenvalue weighted by molar-refractivity contribution is 0.416. The van der Waals surface area contributed by atoms with Gasteiger partial charge in [0, 0.05) is 6.54 Å². The Morgan fingerprint density at radius 1 is 1.00 bits per heavy atom. The molecular weight excluding hydrogens is 258 g/mol. The smallest absolute Gasteiger partial charge is 0.141 e. The van der Waals surface area contributed by atoms with Crippen LogP contribution < -0.4 is 10.1 Å². The molecule has 21 heavy (non-hydrogen) atoms. The maximum absolute atomic E-state index is 5.40. The molecule has 1 N–H and O–H groups in total. The van der Waals surface area contributed by atoms with Crippen LogP contribution in [0.15, 0.2) is 54.6 Å². The van der Waals surface area contributed by atoms with Gasteiger partial charge in [-0.3, -0.25) is 0 Å². The van der Waals surface area contributed by atoms with E-state index in [9.17, 15) is 0 Å². The molecule has 2 nitrogen and oxygen atoms in total. The van der Waals surface area contributed by atoms with E-state index in [0.717, 1.165) is 18.0 Å². The quantitative estimate of drug-likeness (QED) is 0.868. The molecule has 3 rings (SSSR count). The Labute approximate surface area is 127 Å². The van der Waals surface area contributed by atoms with Crippen LogP contribution >= 0.6 is 0 Å². The summed E-state index contributed by atoms with van der Waals surface area (Å²) in [5, 5.41) is 3.56. The maximum Gasteiger partial charge on any atom is 0.141 e. The van der Waals surface area contributed by atoms with Crippen LogP contribution in [0, 0.1) is 11.3 Å². The highest BCUT2D eigenvalue weighted by Gasteiger charge is 2.57. The molecule has 0 amide bonds. The van der Waals surface area contributed by atoms with E-state index in [1.807, 2.05) is 18.2 Å². The Hall–Kier alpha value is -1.96. The average Bonchev–Trinajstić information content (AvgIpc) is 3.07. The summed E-state index contributed by atoms with van der Waals surface area (Å²) >= 11 is 0. The Morgan fingerprint density at radius 2 is 1.67 bits per heavy atom. The summed E-state index contributed by atoms with van der Waals surface area (Å²) in [4.78, 5) is 0. The monoisotopic (exact) mass is 281 g/mol. The topological polar surface area (TPSA) is 21.3 Å². The molecule has 0 bridgehead atoms. The Bertz CT molecular complexity index is 606. The summed E-state index contributed by atoms with van der Waals surface area (Å²) in [6.45, 7) is 5.70. The molecule has 1 aliphatic rings. The fourth-order valence-electron chi connectivity index (χ4n) is 3.46. The van der Waals surface area contributed by atoms with Gasteiger partial charge in [-0.15, -0.1) is 0 Å². The summed E-state index contributed by atoms with van der Waals surface area (Å²) in [5.41, 5.74) is 2.89. The highest BCUT2D eigenvalue weighted by atomic mass is 16.5. The summed E-state index contributed by atoms with van der Waals surface area (Å²) in [5.74, 6) is 2.21. The average molecular weight is 281 g/mol. The van der Waals surface area contributed by atoms with Gasteiger partial charge in [-0.1, -0.05) is 56.3 Å². The number of hydrogen-bond donors (Lipinski definition) is 1. The lowest BCUT2D eigenvalue weighted by Gasteiger charge is -2.11. The second-order valence-electron chi connectivity index (χ2n) is 6.40. The fourth-order valence-corrected chi connectivity index (χ4v) is 3.46. The molecule has 1 saturated carbocycles. The number of nitrogens with one attached hydrogen (secondary N) is 1. The van der Waals surface area contributed by atoms with E-state index in [2.05, 4.69) is 55.6 Å². The number of para-hydroxylation sites is 2. The number of hydrogen-bond acceptors (Lipinski definition) is 2. The van der Waals surface area contributed by atoms with Crippen LogP contribution in [0.1, 0.15) is 25.3 Å². The van der Waals surface area contributed by atoms with E-state index in [0.29, 0.717) is 17.3 Å². The van der Waals surface area contributed by atoms with Crippen molar-refractivity contribution >= 4 is 5.69 Å². The van der Waals surface area contributed by atoms with Gasteiger partial charge < -0.3 is 10.1 Å². The van der Waals surface area contributed by atoms with Crippen molar-refractivity contribution in [1.29, 1.82) is 0 Å². The highest BCUT2D eigenvalue weighted by Crippen LogP contribution is 2.64. The fraction of sp³-hybridized carbons (Fsp3) is 0.368. The standard InChI is InChI=1S/C19H23NO/c1-19(2)15(18(19)14-9-5-4-6-10-14)13-20-16-11-7-8-12-17(16)21-3/h4-12,15,18,20H,13H2,1-3H3. The van der Waals surface area contributed by atoms with Crippen molar-refractivity contribution in [2.45, 2.75) is 19.8 Å². The zero-order valence-corrected chi connectivity index (χ0v) is 13.0. The Balaban J connectivity index is 1.69. The molecule has 0 radical (unpaired) electrons. The lowest BCUT2D eigenvalue weighted by Crippen LogP contribution is -2.08. The molecule has 0 heterocycles. The summed E-state index contributed by atoms with van der Waals surface area (Å²) in [6.07, 6.45) is 0. The predicted molar refractivity (Wildman–Crippen MR) is 87.9 cm³/mol. The minimum absolute atomic E-state index is 0.358. The third-order valence-corrected chi connectivity index (χ3v) is 4.83. The highest BCUT2D eigenvalue weighted by molar-refractivity contribution is 5.56. The number of anilines is 1. The van der Waals surface area contributed by atoms with Gasteiger partial charge in [-0.05, 0) is 34.9 Å². The molecule has 110 valence electrons. The molecule has 2 unspecified atom stereocenters. The predicted octanol–water partition coefficient (Wildman–Crippen LogP) is 4.55. The largest absolute Gasteiger partial charge is 0.495 e. The third kappa shape index (κ3) is 2.63. The first-order valence-electron chi connectivity index (χ1n) is 7.56. The van der Waals surface area contributed by atoms with Gasteiger partial charge in [0.2, 0.25) is 0 Å². The first kappa shape index (κ1) is 14.0. The molecule has 0 aliphatic heterocycles. The van der Waals surface area contributed by atoms with Crippen LogP contribution in [0.4, 0.5) is 5.69 Å². The minimum atomic E-state index is 0.358. The van der Waals surface area contributed by atoms with Crippen LogP contribution in [-0.4, -0.2) is 13.7 Å². The molecule has 1 aliphatic carbocycles. The zero-order chi connectivity index (χ0) is 14.9. The summed E-state index contributed by atoms with van der Waals surface area (Å²) in [6, 6.07) is 18.9. The Kier molecular flexibility index (Phi) is 3.62. The number of ether oxygens (including phenoxy) is 1. The lowest BCUT2D eigenvalue weighted by atomic mass is 10.0. The van der Waals surface area contributed by atoms with E-state index >= 15 is 0 Å². The first-order chi connectivity index (χ1) is 10.1. The molecule has 2 aromatic rings. The second-order valence-corrected chi connectivity index (χ2v) is 6.40. The third-order valence-electron chi connectivity index (χ3n) is 4.83. The molecule has 0 aromatic heterocycles. The SMILES string of the molecule is COc1ccccc1NCC1C(c2ccccc2)C1(C)C. The van der Waals surface area contributed by atoms with E-state index in [-0.39, 0.29) is 0 Å². The van der Waals surface area contributed by atoms with Gasteiger partial charge in [0.25, 0.3) is 0 Å². The summed E-state index contributed by atoms with van der Waals surface area (Å²) < 4.78 is 5.40. The Morgan fingerprint density at radius 3 is 2.38 bits per heavy atom. The van der Waals surface area contributed by atoms with Gasteiger partial charge in [0.05, 0.1) is 12.8 Å². The van der Waals surface area contributed by atoms with Crippen molar-refractivity contribution in [3.05, 3.63) is 60.2 Å². The van der Waals surface area contributed by atoms with Gasteiger partial charge in [-0.25, -0.2) is 0 Å². The normalized spacial score (nSPS) is 22.6. The van der Waals surface area contributed by atoms with Gasteiger partial charge in [-0.2, -0.15) is 0 Å². The van der Waals surface area contributed by atoms with Gasteiger partial charge in [0.15, 0.2) is 0 Å². The van der Waals surface area contributed by atoms with Crippen LogP contribution in [-0.2, 0) is 0 Å². The maximum atomic E-state index is 5.40. The van der Waals surface area contributed by atoms with Crippen molar-refractivity contribution in [2.24, 2.45) is 11.3 Å². The van der Waals surface area contributed by atoms with Crippen LogP contribution in [0.5, 0.6) is 5.75 Å². The van der Waals surface area contributed by atoms with Crippen molar-refractivity contribution in [2.75, 3.05) is 19.0 Å². The minimum Gasteiger partial charge on any atom is -0.495 e. The van der Waals surface area contributed by atoms with Crippen molar-refractivity contribution in [1.82, 2.24) is 0 Å².